The molecule has 0 saturated carbocycles. The van der Waals surface area contributed by atoms with E-state index in [1.54, 1.807) is 18.3 Å². The van der Waals surface area contributed by atoms with Crippen molar-refractivity contribution < 1.29 is 24.0 Å². The van der Waals surface area contributed by atoms with Gasteiger partial charge in [-0.3, -0.25) is 10.1 Å². The number of hydrogen-bond donors (Lipinski definition) is 1. The molecule has 0 unspecified atom stereocenters. The summed E-state index contributed by atoms with van der Waals surface area (Å²) in [5.41, 5.74) is 1.33. The van der Waals surface area contributed by atoms with Crippen LogP contribution in [0.15, 0.2) is 85.1 Å². The van der Waals surface area contributed by atoms with Crippen molar-refractivity contribution in [3.05, 3.63) is 112 Å². The van der Waals surface area contributed by atoms with Crippen LogP contribution >= 0.6 is 0 Å². The Kier molecular flexibility index (Phi) is 5.96. The van der Waals surface area contributed by atoms with E-state index in [2.05, 4.69) is 0 Å². The van der Waals surface area contributed by atoms with Gasteiger partial charge in [-0.1, -0.05) is 30.3 Å². The molecule has 0 amide bonds. The fourth-order valence-electron chi connectivity index (χ4n) is 3.66. The van der Waals surface area contributed by atoms with Gasteiger partial charge in [0.15, 0.2) is 0 Å². The standard InChI is InChI=1S/C24H19FN2O5/c25-19-6-3-5-18(14-19)23(26-13-12-16-4-1-2-7-21(16)26)22(28)15-32-24(29)17-8-10-20(11-9-17)27(30)31/h1-14,22-23,28H,15H2/t22-,23+/m1/s1. The molecule has 0 bridgehead atoms. The quantitative estimate of drug-likeness (QED) is 0.263. The molecular formula is C24H19FN2O5. The smallest absolute Gasteiger partial charge is 0.338 e. The molecule has 32 heavy (non-hydrogen) atoms. The molecule has 4 rings (SSSR count). The van der Waals surface area contributed by atoms with E-state index in [1.807, 2.05) is 34.9 Å². The molecule has 0 aliphatic heterocycles. The summed E-state index contributed by atoms with van der Waals surface area (Å²) in [7, 11) is 0. The number of aliphatic hydroxyl groups is 1. The number of non-ortho nitro benzene ring substituents is 1. The Bertz CT molecular complexity index is 1270. The van der Waals surface area contributed by atoms with Gasteiger partial charge in [0.25, 0.3) is 5.69 Å². The number of aromatic nitrogens is 1. The van der Waals surface area contributed by atoms with E-state index < -0.39 is 28.9 Å². The molecule has 162 valence electrons. The summed E-state index contributed by atoms with van der Waals surface area (Å²) in [6.07, 6.45) is 0.608. The van der Waals surface area contributed by atoms with Crippen molar-refractivity contribution in [1.29, 1.82) is 0 Å². The van der Waals surface area contributed by atoms with Crippen LogP contribution < -0.4 is 0 Å². The fraction of sp³-hybridized carbons (Fsp3) is 0.125. The van der Waals surface area contributed by atoms with Crippen LogP contribution in [0.25, 0.3) is 10.9 Å². The Morgan fingerprint density at radius 3 is 2.53 bits per heavy atom. The molecule has 3 aromatic carbocycles. The molecule has 7 nitrogen and oxygen atoms in total. The lowest BCUT2D eigenvalue weighted by Gasteiger charge is -2.26. The first kappa shape index (κ1) is 21.2. The van der Waals surface area contributed by atoms with Crippen LogP contribution in [0.1, 0.15) is 22.0 Å². The minimum atomic E-state index is -1.19. The third-order valence-electron chi connectivity index (χ3n) is 5.18. The zero-order chi connectivity index (χ0) is 22.7. The number of para-hydroxylation sites is 1. The molecule has 1 heterocycles. The fourth-order valence-corrected chi connectivity index (χ4v) is 3.66. The number of carbonyl (C=O) groups is 1. The van der Waals surface area contributed by atoms with Gasteiger partial charge in [-0.2, -0.15) is 0 Å². The maximum Gasteiger partial charge on any atom is 0.338 e. The molecule has 0 fully saturated rings. The molecule has 0 spiro atoms. The zero-order valence-corrected chi connectivity index (χ0v) is 16.8. The molecule has 8 heteroatoms. The van der Waals surface area contributed by atoms with E-state index in [0.717, 1.165) is 10.9 Å². The number of hydrogen-bond acceptors (Lipinski definition) is 5. The molecule has 2 atom stereocenters. The normalized spacial score (nSPS) is 12.9. The summed E-state index contributed by atoms with van der Waals surface area (Å²) >= 11 is 0. The number of ether oxygens (including phenoxy) is 1. The lowest BCUT2D eigenvalue weighted by atomic mass is 10.0. The molecule has 0 aliphatic carbocycles. The van der Waals surface area contributed by atoms with E-state index in [4.69, 9.17) is 4.74 Å². The number of esters is 1. The highest BCUT2D eigenvalue weighted by Crippen LogP contribution is 2.29. The molecule has 1 aromatic heterocycles. The lowest BCUT2D eigenvalue weighted by molar-refractivity contribution is -0.384. The average Bonchev–Trinajstić information content (AvgIpc) is 3.21. The largest absolute Gasteiger partial charge is 0.459 e. The van der Waals surface area contributed by atoms with Gasteiger partial charge in [-0.05, 0) is 47.3 Å². The molecular weight excluding hydrogens is 415 g/mol. The number of nitrogens with zero attached hydrogens (tertiary/aromatic N) is 2. The van der Waals surface area contributed by atoms with Crippen LogP contribution in [-0.2, 0) is 4.74 Å². The second-order valence-corrected chi connectivity index (χ2v) is 7.25. The van der Waals surface area contributed by atoms with Crippen molar-refractivity contribution >= 4 is 22.6 Å². The van der Waals surface area contributed by atoms with Gasteiger partial charge < -0.3 is 14.4 Å². The third kappa shape index (κ3) is 4.35. The van der Waals surface area contributed by atoms with E-state index >= 15 is 0 Å². The number of nitro groups is 1. The average molecular weight is 434 g/mol. The minimum Gasteiger partial charge on any atom is -0.459 e. The van der Waals surface area contributed by atoms with Crippen molar-refractivity contribution in [2.75, 3.05) is 6.61 Å². The van der Waals surface area contributed by atoms with E-state index in [9.17, 15) is 24.4 Å². The van der Waals surface area contributed by atoms with Gasteiger partial charge in [0, 0.05) is 23.8 Å². The van der Waals surface area contributed by atoms with Crippen LogP contribution in [0.2, 0.25) is 0 Å². The molecule has 0 radical (unpaired) electrons. The number of nitro benzene ring substituents is 1. The SMILES string of the molecule is O=C(OC[C@@H](O)[C@H](c1cccc(F)c1)n1ccc2ccccc21)c1ccc([N+](=O)[O-])cc1. The second-order valence-electron chi connectivity index (χ2n) is 7.25. The summed E-state index contributed by atoms with van der Waals surface area (Å²) in [5.74, 6) is -1.17. The highest BCUT2D eigenvalue weighted by atomic mass is 19.1. The minimum absolute atomic E-state index is 0.122. The third-order valence-corrected chi connectivity index (χ3v) is 5.18. The summed E-state index contributed by atoms with van der Waals surface area (Å²) in [5, 5.41) is 22.7. The van der Waals surface area contributed by atoms with Crippen molar-refractivity contribution in [2.45, 2.75) is 12.1 Å². The van der Waals surface area contributed by atoms with Crippen LogP contribution in [-0.4, -0.2) is 33.3 Å². The molecule has 1 N–H and O–H groups in total. The predicted molar refractivity (Wildman–Crippen MR) is 116 cm³/mol. The van der Waals surface area contributed by atoms with E-state index in [1.165, 1.54) is 36.4 Å². The first-order valence-corrected chi connectivity index (χ1v) is 9.85. The summed E-state index contributed by atoms with van der Waals surface area (Å²) < 4.78 is 21.0. The number of carbonyl (C=O) groups excluding carboxylic acids is 1. The van der Waals surface area contributed by atoms with Gasteiger partial charge in [0.2, 0.25) is 0 Å². The van der Waals surface area contributed by atoms with Crippen LogP contribution in [0, 0.1) is 15.9 Å². The Balaban J connectivity index is 1.58. The van der Waals surface area contributed by atoms with Crippen LogP contribution in [0.3, 0.4) is 0 Å². The highest BCUT2D eigenvalue weighted by Gasteiger charge is 2.26. The number of benzene rings is 3. The molecule has 0 saturated heterocycles. The summed E-state index contributed by atoms with van der Waals surface area (Å²) in [6.45, 7) is -0.358. The van der Waals surface area contributed by atoms with Crippen molar-refractivity contribution in [2.24, 2.45) is 0 Å². The number of aliphatic hydroxyl groups excluding tert-OH is 1. The van der Waals surface area contributed by atoms with Gasteiger partial charge in [-0.25, -0.2) is 9.18 Å². The molecule has 4 aromatic rings. The summed E-state index contributed by atoms with van der Waals surface area (Å²) in [6, 6.07) is 19.6. The number of halogens is 1. The maximum absolute atomic E-state index is 13.9. The van der Waals surface area contributed by atoms with Crippen molar-refractivity contribution in [1.82, 2.24) is 4.57 Å². The monoisotopic (exact) mass is 434 g/mol. The maximum atomic E-state index is 13.9. The Hall–Kier alpha value is -4.04. The summed E-state index contributed by atoms with van der Waals surface area (Å²) in [4.78, 5) is 22.6. The first-order chi connectivity index (χ1) is 15.4. The van der Waals surface area contributed by atoms with Crippen LogP contribution in [0.5, 0.6) is 0 Å². The molecule has 0 aliphatic rings. The predicted octanol–water partition coefficient (Wildman–Crippen LogP) is 4.50. The van der Waals surface area contributed by atoms with Crippen LogP contribution in [0.4, 0.5) is 10.1 Å². The highest BCUT2D eigenvalue weighted by molar-refractivity contribution is 5.89. The Labute approximate surface area is 182 Å². The van der Waals surface area contributed by atoms with Gasteiger partial charge in [0.1, 0.15) is 18.5 Å². The lowest BCUT2D eigenvalue weighted by Crippen LogP contribution is -2.30. The Morgan fingerprint density at radius 1 is 1.06 bits per heavy atom. The van der Waals surface area contributed by atoms with Crippen molar-refractivity contribution in [3.8, 4) is 0 Å². The second kappa shape index (κ2) is 8.99. The number of fused-ring (bicyclic) bond motifs is 1. The van der Waals surface area contributed by atoms with E-state index in [-0.39, 0.29) is 17.9 Å². The van der Waals surface area contributed by atoms with Gasteiger partial charge >= 0.3 is 5.97 Å². The number of rotatable bonds is 7. The zero-order valence-electron chi connectivity index (χ0n) is 16.8. The Morgan fingerprint density at radius 2 is 1.81 bits per heavy atom. The van der Waals surface area contributed by atoms with E-state index in [0.29, 0.717) is 5.56 Å². The van der Waals surface area contributed by atoms with Gasteiger partial charge in [-0.15, -0.1) is 0 Å². The first-order valence-electron chi connectivity index (χ1n) is 9.85. The topological polar surface area (TPSA) is 94.6 Å². The van der Waals surface area contributed by atoms with Gasteiger partial charge in [0.05, 0.1) is 16.5 Å². The van der Waals surface area contributed by atoms with Crippen molar-refractivity contribution in [3.63, 3.8) is 0 Å².